The van der Waals surface area contributed by atoms with Gasteiger partial charge in [0.1, 0.15) is 5.75 Å². The van der Waals surface area contributed by atoms with E-state index in [4.69, 9.17) is 27.9 Å². The first-order valence-electron chi connectivity index (χ1n) is 8.14. The van der Waals surface area contributed by atoms with Crippen LogP contribution in [0.2, 0.25) is 10.0 Å². The zero-order valence-electron chi connectivity index (χ0n) is 13.7. The molecule has 2 aliphatic rings. The van der Waals surface area contributed by atoms with Crippen molar-refractivity contribution in [3.8, 4) is 5.75 Å². The van der Waals surface area contributed by atoms with Crippen LogP contribution in [0.3, 0.4) is 0 Å². The van der Waals surface area contributed by atoms with Crippen LogP contribution in [0.15, 0.2) is 18.2 Å². The maximum atomic E-state index is 12.3. The Labute approximate surface area is 157 Å². The minimum Gasteiger partial charge on any atom is -0.482 e. The average molecular weight is 407 g/mol. The second-order valence-electron chi connectivity index (χ2n) is 6.34. The Hall–Kier alpha value is -1.02. The number of ether oxygens (including phenoxy) is 1. The molecule has 0 aromatic heterocycles. The maximum Gasteiger partial charge on any atom is 0.260 e. The third kappa shape index (κ3) is 4.78. The SMILES string of the molecule is O=C(COc1ccc(Cl)cc1Cl)N1CCN(C2CCS(=O)(=O)C2)CC1. The Morgan fingerprint density at radius 1 is 1.20 bits per heavy atom. The number of rotatable bonds is 4. The number of amides is 1. The number of hydrogen-bond acceptors (Lipinski definition) is 5. The molecule has 25 heavy (non-hydrogen) atoms. The molecule has 1 unspecified atom stereocenters. The first-order valence-corrected chi connectivity index (χ1v) is 10.7. The molecule has 2 aliphatic heterocycles. The van der Waals surface area contributed by atoms with Gasteiger partial charge in [-0.05, 0) is 24.6 Å². The summed E-state index contributed by atoms with van der Waals surface area (Å²) in [6.07, 6.45) is 0.689. The van der Waals surface area contributed by atoms with E-state index in [0.29, 0.717) is 48.4 Å². The van der Waals surface area contributed by atoms with Gasteiger partial charge in [-0.15, -0.1) is 0 Å². The number of nitrogens with zero attached hydrogens (tertiary/aromatic N) is 2. The second kappa shape index (κ2) is 7.70. The van der Waals surface area contributed by atoms with E-state index in [0.717, 1.165) is 0 Å². The van der Waals surface area contributed by atoms with Crippen LogP contribution in [0.5, 0.6) is 5.75 Å². The van der Waals surface area contributed by atoms with E-state index in [2.05, 4.69) is 4.90 Å². The topological polar surface area (TPSA) is 66.9 Å². The number of benzene rings is 1. The lowest BCUT2D eigenvalue weighted by molar-refractivity contribution is -0.135. The number of piperazine rings is 1. The summed E-state index contributed by atoms with van der Waals surface area (Å²) in [5, 5.41) is 0.876. The molecule has 9 heteroatoms. The van der Waals surface area contributed by atoms with Gasteiger partial charge in [0.25, 0.3) is 5.91 Å². The smallest absolute Gasteiger partial charge is 0.260 e. The molecular formula is C16H20Cl2N2O4S. The van der Waals surface area contributed by atoms with Crippen LogP contribution in [0.4, 0.5) is 0 Å². The van der Waals surface area contributed by atoms with Crippen molar-refractivity contribution in [3.05, 3.63) is 28.2 Å². The van der Waals surface area contributed by atoms with Crippen molar-refractivity contribution < 1.29 is 17.9 Å². The van der Waals surface area contributed by atoms with Gasteiger partial charge >= 0.3 is 0 Å². The van der Waals surface area contributed by atoms with Crippen LogP contribution < -0.4 is 4.74 Å². The Bertz CT molecular complexity index is 749. The highest BCUT2D eigenvalue weighted by Gasteiger charge is 2.34. The van der Waals surface area contributed by atoms with Gasteiger partial charge in [0, 0.05) is 37.2 Å². The van der Waals surface area contributed by atoms with Gasteiger partial charge in [-0.25, -0.2) is 8.42 Å². The minimum absolute atomic E-state index is 0.0842. The number of carbonyl (C=O) groups excluding carboxylic acids is 1. The summed E-state index contributed by atoms with van der Waals surface area (Å²) in [4.78, 5) is 16.2. The summed E-state index contributed by atoms with van der Waals surface area (Å²) in [5.41, 5.74) is 0. The van der Waals surface area contributed by atoms with E-state index >= 15 is 0 Å². The molecule has 0 bridgehead atoms. The van der Waals surface area contributed by atoms with Crippen LogP contribution in [0, 0.1) is 0 Å². The highest BCUT2D eigenvalue weighted by molar-refractivity contribution is 7.91. The average Bonchev–Trinajstić information content (AvgIpc) is 2.94. The summed E-state index contributed by atoms with van der Waals surface area (Å²) < 4.78 is 28.7. The zero-order valence-corrected chi connectivity index (χ0v) is 16.0. The van der Waals surface area contributed by atoms with Crippen molar-refractivity contribution in [2.75, 3.05) is 44.3 Å². The summed E-state index contributed by atoms with van der Waals surface area (Å²) >= 11 is 11.9. The summed E-state index contributed by atoms with van der Waals surface area (Å²) in [7, 11) is -2.89. The van der Waals surface area contributed by atoms with Crippen LogP contribution in [-0.2, 0) is 14.6 Å². The Morgan fingerprint density at radius 3 is 2.52 bits per heavy atom. The molecule has 3 rings (SSSR count). The van der Waals surface area contributed by atoms with Crippen molar-refractivity contribution in [2.45, 2.75) is 12.5 Å². The summed E-state index contributed by atoms with van der Waals surface area (Å²) in [6.45, 7) is 2.45. The molecule has 138 valence electrons. The van der Waals surface area contributed by atoms with Crippen LogP contribution in [0.1, 0.15) is 6.42 Å². The normalized spacial score (nSPS) is 23.6. The fraction of sp³-hybridized carbons (Fsp3) is 0.562. The summed E-state index contributed by atoms with van der Waals surface area (Å²) in [5.74, 6) is 0.824. The van der Waals surface area contributed by atoms with Crippen molar-refractivity contribution in [1.29, 1.82) is 0 Å². The van der Waals surface area contributed by atoms with E-state index in [1.807, 2.05) is 0 Å². The van der Waals surface area contributed by atoms with Crippen molar-refractivity contribution in [2.24, 2.45) is 0 Å². The second-order valence-corrected chi connectivity index (χ2v) is 9.41. The predicted octanol–water partition coefficient (Wildman–Crippen LogP) is 1.70. The Kier molecular flexibility index (Phi) is 5.78. The van der Waals surface area contributed by atoms with Crippen molar-refractivity contribution in [3.63, 3.8) is 0 Å². The molecule has 0 aliphatic carbocycles. The largest absolute Gasteiger partial charge is 0.482 e. The van der Waals surface area contributed by atoms with Gasteiger partial charge in [0.15, 0.2) is 16.4 Å². The highest BCUT2D eigenvalue weighted by atomic mass is 35.5. The number of sulfone groups is 1. The van der Waals surface area contributed by atoms with E-state index in [9.17, 15) is 13.2 Å². The zero-order chi connectivity index (χ0) is 18.0. The molecule has 1 aromatic carbocycles. The Balaban J connectivity index is 1.47. The van der Waals surface area contributed by atoms with E-state index in [1.54, 1.807) is 23.1 Å². The third-order valence-electron chi connectivity index (χ3n) is 4.64. The molecule has 1 amide bonds. The molecule has 1 aromatic rings. The van der Waals surface area contributed by atoms with Gasteiger partial charge in [0.2, 0.25) is 0 Å². The first-order chi connectivity index (χ1) is 11.8. The molecule has 0 N–H and O–H groups in total. The van der Waals surface area contributed by atoms with E-state index < -0.39 is 9.84 Å². The highest BCUT2D eigenvalue weighted by Crippen LogP contribution is 2.27. The number of halogens is 2. The fourth-order valence-corrected chi connectivity index (χ4v) is 5.45. The maximum absolute atomic E-state index is 12.3. The third-order valence-corrected chi connectivity index (χ3v) is 6.92. The van der Waals surface area contributed by atoms with Gasteiger partial charge in [-0.2, -0.15) is 0 Å². The molecule has 6 nitrogen and oxygen atoms in total. The van der Waals surface area contributed by atoms with Crippen LogP contribution in [0.25, 0.3) is 0 Å². The van der Waals surface area contributed by atoms with Crippen LogP contribution >= 0.6 is 23.2 Å². The number of carbonyl (C=O) groups is 1. The van der Waals surface area contributed by atoms with Crippen LogP contribution in [-0.4, -0.2) is 74.5 Å². The molecule has 0 radical (unpaired) electrons. The number of hydrogen-bond donors (Lipinski definition) is 0. The lowest BCUT2D eigenvalue weighted by atomic mass is 10.2. The Morgan fingerprint density at radius 2 is 1.92 bits per heavy atom. The molecule has 0 spiro atoms. The fourth-order valence-electron chi connectivity index (χ4n) is 3.22. The predicted molar refractivity (Wildman–Crippen MR) is 97.2 cm³/mol. The lowest BCUT2D eigenvalue weighted by Gasteiger charge is -2.37. The monoisotopic (exact) mass is 406 g/mol. The molecule has 2 saturated heterocycles. The minimum atomic E-state index is -2.89. The van der Waals surface area contributed by atoms with Crippen molar-refractivity contribution in [1.82, 2.24) is 9.80 Å². The molecule has 1 atom stereocenters. The van der Waals surface area contributed by atoms with E-state index in [1.165, 1.54) is 0 Å². The quantitative estimate of drug-likeness (QED) is 0.760. The lowest BCUT2D eigenvalue weighted by Crippen LogP contribution is -2.53. The molecular weight excluding hydrogens is 387 g/mol. The van der Waals surface area contributed by atoms with Gasteiger partial charge < -0.3 is 9.64 Å². The summed E-state index contributed by atoms with van der Waals surface area (Å²) in [6, 6.07) is 4.95. The van der Waals surface area contributed by atoms with Gasteiger partial charge in [-0.3, -0.25) is 9.69 Å². The molecule has 2 fully saturated rings. The standard InChI is InChI=1S/C16H20Cl2N2O4S/c17-12-1-2-15(14(18)9-12)24-10-16(21)20-6-4-19(5-7-20)13-3-8-25(22,23)11-13/h1-2,9,13H,3-8,10-11H2. The van der Waals surface area contributed by atoms with Gasteiger partial charge in [0.05, 0.1) is 16.5 Å². The molecule has 2 heterocycles. The first kappa shape index (κ1) is 18.8. The van der Waals surface area contributed by atoms with E-state index in [-0.39, 0.29) is 30.1 Å². The van der Waals surface area contributed by atoms with Crippen molar-refractivity contribution >= 4 is 38.9 Å². The van der Waals surface area contributed by atoms with Gasteiger partial charge in [-0.1, -0.05) is 23.2 Å². The molecule has 0 saturated carbocycles.